The summed E-state index contributed by atoms with van der Waals surface area (Å²) in [5.41, 5.74) is 1.54. The van der Waals surface area contributed by atoms with Crippen LogP contribution in [0.25, 0.3) is 0 Å². The van der Waals surface area contributed by atoms with E-state index in [9.17, 15) is 23.6 Å². The molecule has 1 aromatic heterocycles. The minimum atomic E-state index is -1.16. The van der Waals surface area contributed by atoms with E-state index >= 15 is 0 Å². The highest BCUT2D eigenvalue weighted by Gasteiger charge is 2.27. The number of hydrogen-bond donors (Lipinski definition) is 3. The molecule has 3 aromatic rings. The fourth-order valence-electron chi connectivity index (χ4n) is 3.09. The SMILES string of the molecule is O=C(NCC(=O)c1ccc(F)cc1)N[C@H](Cc1ccccc1)C(=O)C(=O)NCc1ccccn1. The van der Waals surface area contributed by atoms with Crippen molar-refractivity contribution >= 4 is 23.5 Å². The number of urea groups is 1. The normalized spacial score (nSPS) is 11.2. The average Bonchev–Trinajstić information content (AvgIpc) is 2.86. The maximum absolute atomic E-state index is 13.0. The number of carbonyl (C=O) groups excluding carboxylic acids is 4. The second-order valence-corrected chi connectivity index (χ2v) is 7.37. The molecule has 3 amide bonds. The van der Waals surface area contributed by atoms with Gasteiger partial charge in [0.25, 0.3) is 5.91 Å². The second-order valence-electron chi connectivity index (χ2n) is 7.37. The third kappa shape index (κ3) is 7.33. The van der Waals surface area contributed by atoms with Gasteiger partial charge in [-0.25, -0.2) is 9.18 Å². The summed E-state index contributed by atoms with van der Waals surface area (Å²) < 4.78 is 13.0. The number of hydrogen-bond acceptors (Lipinski definition) is 5. The molecular formula is C25H23FN4O4. The minimum absolute atomic E-state index is 0.0574. The van der Waals surface area contributed by atoms with E-state index in [0.717, 1.165) is 17.7 Å². The van der Waals surface area contributed by atoms with Gasteiger partial charge < -0.3 is 16.0 Å². The molecule has 8 nitrogen and oxygen atoms in total. The standard InChI is InChI=1S/C25H23FN4O4/c26-19-11-9-18(10-12-19)22(31)16-29-25(34)30-21(14-17-6-2-1-3-7-17)23(32)24(33)28-15-20-8-4-5-13-27-20/h1-13,21H,14-16H2,(H,28,33)(H2,29,30,34)/t21-/m1/s1. The van der Waals surface area contributed by atoms with Crippen molar-refractivity contribution in [3.8, 4) is 0 Å². The molecule has 0 aliphatic rings. The smallest absolute Gasteiger partial charge is 0.315 e. The summed E-state index contributed by atoms with van der Waals surface area (Å²) in [5.74, 6) is -2.62. The molecule has 0 bridgehead atoms. The molecule has 0 unspecified atom stereocenters. The van der Waals surface area contributed by atoms with Crippen LogP contribution in [-0.2, 0) is 22.6 Å². The van der Waals surface area contributed by atoms with Gasteiger partial charge in [-0.15, -0.1) is 0 Å². The summed E-state index contributed by atoms with van der Waals surface area (Å²) in [4.78, 5) is 54.0. The summed E-state index contributed by atoms with van der Waals surface area (Å²) in [7, 11) is 0. The fraction of sp³-hybridized carbons (Fsp3) is 0.160. The monoisotopic (exact) mass is 462 g/mol. The number of pyridine rings is 1. The van der Waals surface area contributed by atoms with Gasteiger partial charge in [0.15, 0.2) is 5.78 Å². The fourth-order valence-corrected chi connectivity index (χ4v) is 3.09. The van der Waals surface area contributed by atoms with Crippen molar-refractivity contribution in [2.24, 2.45) is 0 Å². The molecule has 0 saturated heterocycles. The summed E-state index contributed by atoms with van der Waals surface area (Å²) >= 11 is 0. The predicted octanol–water partition coefficient (Wildman–Crippen LogP) is 2.20. The second kappa shape index (κ2) is 12.0. The molecule has 34 heavy (non-hydrogen) atoms. The Morgan fingerprint density at radius 3 is 2.24 bits per heavy atom. The Balaban J connectivity index is 1.61. The van der Waals surface area contributed by atoms with Crippen molar-refractivity contribution in [1.82, 2.24) is 20.9 Å². The van der Waals surface area contributed by atoms with Gasteiger partial charge in [0.05, 0.1) is 18.8 Å². The van der Waals surface area contributed by atoms with Crippen molar-refractivity contribution in [3.05, 3.63) is 102 Å². The molecule has 3 rings (SSSR count). The zero-order chi connectivity index (χ0) is 24.3. The van der Waals surface area contributed by atoms with E-state index in [1.165, 1.54) is 12.1 Å². The van der Waals surface area contributed by atoms with Crippen LogP contribution in [0.15, 0.2) is 79.0 Å². The lowest BCUT2D eigenvalue weighted by atomic mass is 10.0. The maximum Gasteiger partial charge on any atom is 0.315 e. The Hall–Kier alpha value is -4.40. The summed E-state index contributed by atoms with van der Waals surface area (Å²) in [6.45, 7) is -0.308. The van der Waals surface area contributed by atoms with Gasteiger partial charge in [-0.05, 0) is 42.0 Å². The molecule has 1 heterocycles. The van der Waals surface area contributed by atoms with Crippen molar-refractivity contribution in [2.75, 3.05) is 6.54 Å². The van der Waals surface area contributed by atoms with Gasteiger partial charge in [-0.3, -0.25) is 19.4 Å². The Bertz CT molecular complexity index is 1140. The molecule has 0 radical (unpaired) electrons. The first-order valence-corrected chi connectivity index (χ1v) is 10.5. The Kier molecular flexibility index (Phi) is 8.56. The highest BCUT2D eigenvalue weighted by atomic mass is 19.1. The molecule has 0 spiro atoms. The van der Waals surface area contributed by atoms with Crippen LogP contribution in [0.3, 0.4) is 0 Å². The van der Waals surface area contributed by atoms with Crippen LogP contribution < -0.4 is 16.0 Å². The van der Waals surface area contributed by atoms with Gasteiger partial charge in [0.1, 0.15) is 11.9 Å². The van der Waals surface area contributed by atoms with Crippen LogP contribution in [-0.4, -0.2) is 41.1 Å². The summed E-state index contributed by atoms with van der Waals surface area (Å²) in [5, 5.41) is 7.36. The van der Waals surface area contributed by atoms with E-state index < -0.39 is 35.4 Å². The van der Waals surface area contributed by atoms with Crippen molar-refractivity contribution in [3.63, 3.8) is 0 Å². The Morgan fingerprint density at radius 2 is 1.56 bits per heavy atom. The lowest BCUT2D eigenvalue weighted by Crippen LogP contribution is -2.52. The molecule has 0 aliphatic carbocycles. The first-order chi connectivity index (χ1) is 16.4. The van der Waals surface area contributed by atoms with Gasteiger partial charge in [-0.2, -0.15) is 0 Å². The minimum Gasteiger partial charge on any atom is -0.344 e. The van der Waals surface area contributed by atoms with E-state index in [0.29, 0.717) is 5.69 Å². The topological polar surface area (TPSA) is 117 Å². The number of carbonyl (C=O) groups is 4. The first-order valence-electron chi connectivity index (χ1n) is 10.5. The number of amides is 3. The van der Waals surface area contributed by atoms with Crippen LogP contribution in [0.2, 0.25) is 0 Å². The van der Waals surface area contributed by atoms with E-state index in [2.05, 4.69) is 20.9 Å². The lowest BCUT2D eigenvalue weighted by molar-refractivity contribution is -0.139. The Morgan fingerprint density at radius 1 is 0.853 bits per heavy atom. The molecule has 1 atom stereocenters. The number of nitrogens with one attached hydrogen (secondary N) is 3. The van der Waals surface area contributed by atoms with Crippen LogP contribution >= 0.6 is 0 Å². The predicted molar refractivity (Wildman–Crippen MR) is 122 cm³/mol. The molecule has 0 aliphatic heterocycles. The van der Waals surface area contributed by atoms with E-state index in [1.807, 2.05) is 0 Å². The van der Waals surface area contributed by atoms with Gasteiger partial charge in [0, 0.05) is 18.2 Å². The number of ketones is 2. The third-order valence-electron chi connectivity index (χ3n) is 4.86. The number of halogens is 1. The average molecular weight is 462 g/mol. The largest absolute Gasteiger partial charge is 0.344 e. The number of nitrogens with zero attached hydrogens (tertiary/aromatic N) is 1. The van der Waals surface area contributed by atoms with Crippen molar-refractivity contribution in [2.45, 2.75) is 19.0 Å². The van der Waals surface area contributed by atoms with E-state index in [4.69, 9.17) is 0 Å². The highest BCUT2D eigenvalue weighted by Crippen LogP contribution is 2.06. The van der Waals surface area contributed by atoms with Gasteiger partial charge in [-0.1, -0.05) is 36.4 Å². The van der Waals surface area contributed by atoms with Crippen LogP contribution in [0.1, 0.15) is 21.6 Å². The number of Topliss-reactive ketones (excluding diaryl/α,β-unsaturated/α-hetero) is 2. The first kappa shape index (κ1) is 24.2. The van der Waals surface area contributed by atoms with Crippen LogP contribution in [0, 0.1) is 5.82 Å². The molecule has 0 saturated carbocycles. The number of aromatic nitrogens is 1. The van der Waals surface area contributed by atoms with Gasteiger partial charge in [0.2, 0.25) is 5.78 Å². The molecule has 174 valence electrons. The van der Waals surface area contributed by atoms with E-state index in [1.54, 1.807) is 54.7 Å². The lowest BCUT2D eigenvalue weighted by Gasteiger charge is -2.18. The number of rotatable bonds is 10. The van der Waals surface area contributed by atoms with E-state index in [-0.39, 0.29) is 25.1 Å². The molecule has 3 N–H and O–H groups in total. The third-order valence-corrected chi connectivity index (χ3v) is 4.86. The van der Waals surface area contributed by atoms with Crippen molar-refractivity contribution < 1.29 is 23.6 Å². The van der Waals surface area contributed by atoms with Gasteiger partial charge >= 0.3 is 6.03 Å². The van der Waals surface area contributed by atoms with Crippen LogP contribution in [0.4, 0.5) is 9.18 Å². The molecule has 0 fully saturated rings. The summed E-state index contributed by atoms with van der Waals surface area (Å²) in [6, 6.07) is 17.0. The van der Waals surface area contributed by atoms with Crippen molar-refractivity contribution in [1.29, 1.82) is 0 Å². The van der Waals surface area contributed by atoms with Crippen LogP contribution in [0.5, 0.6) is 0 Å². The number of benzene rings is 2. The molecular weight excluding hydrogens is 439 g/mol. The zero-order valence-electron chi connectivity index (χ0n) is 18.2. The summed E-state index contributed by atoms with van der Waals surface area (Å²) in [6.07, 6.45) is 1.65. The molecule has 2 aromatic carbocycles. The molecule has 9 heteroatoms. The highest BCUT2D eigenvalue weighted by molar-refractivity contribution is 6.38. The Labute approximate surface area is 195 Å². The quantitative estimate of drug-likeness (QED) is 0.315. The zero-order valence-corrected chi connectivity index (χ0v) is 18.2. The maximum atomic E-state index is 13.0.